The van der Waals surface area contributed by atoms with E-state index in [2.05, 4.69) is 9.59 Å². The van der Waals surface area contributed by atoms with Crippen molar-refractivity contribution >= 4 is 17.4 Å². The van der Waals surface area contributed by atoms with Crippen molar-refractivity contribution < 1.29 is 4.79 Å². The van der Waals surface area contributed by atoms with E-state index in [1.165, 1.54) is 0 Å². The largest absolute Gasteiger partial charge is 0.334 e. The molecule has 0 radical (unpaired) electrons. The molecule has 0 aliphatic heterocycles. The summed E-state index contributed by atoms with van der Waals surface area (Å²) in [6.45, 7) is 6.07. The molecule has 1 aromatic rings. The Labute approximate surface area is 98.9 Å². The maximum absolute atomic E-state index is 12.1. The fraction of sp³-hybridized carbons (Fsp3) is 0.600. The number of aryl methyl sites for hydroxylation is 1. The minimum Gasteiger partial charge on any atom is -0.334 e. The summed E-state index contributed by atoms with van der Waals surface area (Å²) < 4.78 is 3.74. The fourth-order valence-corrected chi connectivity index (χ4v) is 1.94. The molecule has 0 unspecified atom stereocenters. The van der Waals surface area contributed by atoms with Gasteiger partial charge in [-0.05, 0) is 32.3 Å². The first-order chi connectivity index (χ1) is 7.57. The normalized spacial score (nSPS) is 10.2. The molecular weight excluding hydrogens is 224 g/mol. The number of rotatable bonds is 4. The van der Waals surface area contributed by atoms with Crippen molar-refractivity contribution in [3.05, 3.63) is 10.6 Å². The molecule has 5 nitrogen and oxygen atoms in total. The first-order valence-electron chi connectivity index (χ1n) is 5.04. The van der Waals surface area contributed by atoms with Crippen molar-refractivity contribution in [3.63, 3.8) is 0 Å². The summed E-state index contributed by atoms with van der Waals surface area (Å²) in [4.78, 5) is 14.4. The van der Waals surface area contributed by atoms with Crippen LogP contribution >= 0.6 is 11.5 Å². The van der Waals surface area contributed by atoms with Gasteiger partial charge in [-0.25, -0.2) is 0 Å². The number of carbonyl (C=O) groups is 1. The molecular formula is C10H14N4OS. The lowest BCUT2D eigenvalue weighted by molar-refractivity contribution is 0.0714. The summed E-state index contributed by atoms with van der Waals surface area (Å²) >= 11 is 1.10. The topological polar surface area (TPSA) is 69.9 Å². The summed E-state index contributed by atoms with van der Waals surface area (Å²) in [5.41, 5.74) is 0.651. The first-order valence-corrected chi connectivity index (χ1v) is 5.82. The number of nitriles is 1. The van der Waals surface area contributed by atoms with E-state index in [0.717, 1.165) is 11.5 Å². The molecule has 0 saturated heterocycles. The van der Waals surface area contributed by atoms with E-state index >= 15 is 0 Å². The predicted molar refractivity (Wildman–Crippen MR) is 61.0 cm³/mol. The van der Waals surface area contributed by atoms with Crippen molar-refractivity contribution in [2.45, 2.75) is 33.2 Å². The van der Waals surface area contributed by atoms with Crippen molar-refractivity contribution in [2.24, 2.45) is 0 Å². The second kappa shape index (κ2) is 5.56. The number of hydrogen-bond acceptors (Lipinski definition) is 5. The molecule has 0 N–H and O–H groups in total. The van der Waals surface area contributed by atoms with Gasteiger partial charge in [0.25, 0.3) is 5.91 Å². The lowest BCUT2D eigenvalue weighted by atomic mass is 10.2. The van der Waals surface area contributed by atoms with Crippen molar-refractivity contribution in [1.29, 1.82) is 5.26 Å². The zero-order chi connectivity index (χ0) is 12.1. The molecule has 0 aliphatic carbocycles. The number of carbonyl (C=O) groups excluding carboxylic acids is 1. The zero-order valence-corrected chi connectivity index (χ0v) is 10.4. The number of aromatic nitrogens is 2. The SMILES string of the molecule is Cc1nnsc1C(=O)N(CCC#N)C(C)C. The van der Waals surface area contributed by atoms with E-state index < -0.39 is 0 Å². The minimum atomic E-state index is -0.0854. The van der Waals surface area contributed by atoms with Gasteiger partial charge in [0.1, 0.15) is 4.88 Å². The van der Waals surface area contributed by atoms with Crippen LogP contribution < -0.4 is 0 Å². The van der Waals surface area contributed by atoms with Gasteiger partial charge < -0.3 is 4.90 Å². The molecule has 6 heteroatoms. The summed E-state index contributed by atoms with van der Waals surface area (Å²) in [6, 6.07) is 2.12. The van der Waals surface area contributed by atoms with Gasteiger partial charge in [-0.3, -0.25) is 4.79 Å². The smallest absolute Gasteiger partial charge is 0.267 e. The molecule has 1 heterocycles. The monoisotopic (exact) mass is 238 g/mol. The Morgan fingerprint density at radius 3 is 2.75 bits per heavy atom. The molecule has 16 heavy (non-hydrogen) atoms. The molecule has 0 aromatic carbocycles. The van der Waals surface area contributed by atoms with Crippen molar-refractivity contribution in [2.75, 3.05) is 6.54 Å². The second-order valence-corrected chi connectivity index (χ2v) is 4.44. The van der Waals surface area contributed by atoms with Crippen LogP contribution in [0.4, 0.5) is 0 Å². The third-order valence-electron chi connectivity index (χ3n) is 2.19. The van der Waals surface area contributed by atoms with Crippen LogP contribution in [0.25, 0.3) is 0 Å². The Bertz CT molecular complexity index is 407. The highest BCUT2D eigenvalue weighted by atomic mass is 32.1. The maximum Gasteiger partial charge on any atom is 0.267 e. The highest BCUT2D eigenvalue weighted by molar-refractivity contribution is 7.07. The first kappa shape index (κ1) is 12.6. The summed E-state index contributed by atoms with van der Waals surface area (Å²) in [7, 11) is 0. The molecule has 1 rings (SSSR count). The number of amides is 1. The summed E-state index contributed by atoms with van der Waals surface area (Å²) in [6.07, 6.45) is 0.342. The van der Waals surface area contributed by atoms with Crippen LogP contribution in [-0.4, -0.2) is 33.0 Å². The van der Waals surface area contributed by atoms with Crippen molar-refractivity contribution in [3.8, 4) is 6.07 Å². The van der Waals surface area contributed by atoms with Crippen LogP contribution in [0.2, 0.25) is 0 Å². The van der Waals surface area contributed by atoms with E-state index in [9.17, 15) is 4.79 Å². The lowest BCUT2D eigenvalue weighted by Gasteiger charge is -2.25. The maximum atomic E-state index is 12.1. The van der Waals surface area contributed by atoms with Crippen LogP contribution in [0.5, 0.6) is 0 Å². The molecule has 0 saturated carbocycles. The lowest BCUT2D eigenvalue weighted by Crippen LogP contribution is -2.37. The predicted octanol–water partition coefficient (Wildman–Crippen LogP) is 1.61. The Balaban J connectivity index is 2.84. The van der Waals surface area contributed by atoms with E-state index in [1.54, 1.807) is 11.8 Å². The Morgan fingerprint density at radius 2 is 2.31 bits per heavy atom. The van der Waals surface area contributed by atoms with Crippen LogP contribution in [-0.2, 0) is 0 Å². The molecule has 1 amide bonds. The van der Waals surface area contributed by atoms with Gasteiger partial charge >= 0.3 is 0 Å². The highest BCUT2D eigenvalue weighted by Gasteiger charge is 2.22. The molecule has 1 aromatic heterocycles. The van der Waals surface area contributed by atoms with Gasteiger partial charge in [-0.15, -0.1) is 5.10 Å². The van der Waals surface area contributed by atoms with Gasteiger partial charge in [0, 0.05) is 12.6 Å². The molecule has 0 atom stereocenters. The summed E-state index contributed by atoms with van der Waals surface area (Å²) in [5, 5.41) is 12.4. The van der Waals surface area contributed by atoms with E-state index in [1.807, 2.05) is 19.9 Å². The quantitative estimate of drug-likeness (QED) is 0.799. The van der Waals surface area contributed by atoms with E-state index in [-0.39, 0.29) is 11.9 Å². The minimum absolute atomic E-state index is 0.0716. The van der Waals surface area contributed by atoms with Crippen molar-refractivity contribution in [1.82, 2.24) is 14.5 Å². The van der Waals surface area contributed by atoms with E-state index in [0.29, 0.717) is 23.5 Å². The standard InChI is InChI=1S/C10H14N4OS/c1-7(2)14(6-4-5-11)10(15)9-8(3)12-13-16-9/h7H,4,6H2,1-3H3. The molecule has 0 aliphatic rings. The third kappa shape index (κ3) is 2.76. The highest BCUT2D eigenvalue weighted by Crippen LogP contribution is 2.14. The molecule has 0 bridgehead atoms. The van der Waals surface area contributed by atoms with Gasteiger partial charge in [-0.2, -0.15) is 5.26 Å². The van der Waals surface area contributed by atoms with Gasteiger partial charge in [-0.1, -0.05) is 4.49 Å². The van der Waals surface area contributed by atoms with Crippen LogP contribution in [0, 0.1) is 18.3 Å². The van der Waals surface area contributed by atoms with Gasteiger partial charge in [0.2, 0.25) is 0 Å². The number of nitrogens with zero attached hydrogens (tertiary/aromatic N) is 4. The van der Waals surface area contributed by atoms with Gasteiger partial charge in [0.05, 0.1) is 18.2 Å². The zero-order valence-electron chi connectivity index (χ0n) is 9.60. The average Bonchev–Trinajstić information content (AvgIpc) is 2.64. The van der Waals surface area contributed by atoms with E-state index in [4.69, 9.17) is 5.26 Å². The average molecular weight is 238 g/mol. The Morgan fingerprint density at radius 1 is 1.62 bits per heavy atom. The number of hydrogen-bond donors (Lipinski definition) is 0. The molecule has 0 fully saturated rings. The third-order valence-corrected chi connectivity index (χ3v) is 3.01. The molecule has 0 spiro atoms. The summed E-state index contributed by atoms with van der Waals surface area (Å²) in [5.74, 6) is -0.0854. The molecule has 86 valence electrons. The van der Waals surface area contributed by atoms with Gasteiger partial charge in [0.15, 0.2) is 0 Å². The Kier molecular flexibility index (Phi) is 4.38. The fourth-order valence-electron chi connectivity index (χ4n) is 1.32. The Hall–Kier alpha value is -1.48. The second-order valence-electron chi connectivity index (χ2n) is 3.69. The van der Waals surface area contributed by atoms with Crippen LogP contribution in [0.1, 0.15) is 35.6 Å². The van der Waals surface area contributed by atoms with Crippen LogP contribution in [0.15, 0.2) is 0 Å². The van der Waals surface area contributed by atoms with Crippen LogP contribution in [0.3, 0.4) is 0 Å².